The summed E-state index contributed by atoms with van der Waals surface area (Å²) in [7, 11) is -3.21. The van der Waals surface area contributed by atoms with Gasteiger partial charge in [0.2, 0.25) is 14.2 Å². The van der Waals surface area contributed by atoms with Crippen molar-refractivity contribution in [2.75, 3.05) is 6.26 Å². The van der Waals surface area contributed by atoms with Crippen LogP contribution in [0.2, 0.25) is 0 Å². The number of halogens is 2. The molecule has 0 fully saturated rings. The first-order valence-corrected chi connectivity index (χ1v) is 7.27. The Balaban J connectivity index is 3.09. The number of hydrogen-bond acceptors (Lipinski definition) is 5. The van der Waals surface area contributed by atoms with Crippen LogP contribution in [0.15, 0.2) is 4.34 Å². The first-order valence-electron chi connectivity index (χ1n) is 2.73. The minimum absolute atomic E-state index is 0.0430. The molecule has 0 bridgehead atoms. The summed E-state index contributed by atoms with van der Waals surface area (Å²) < 4.78 is 21.8. The summed E-state index contributed by atoms with van der Waals surface area (Å²) in [4.78, 5) is 0. The summed E-state index contributed by atoms with van der Waals surface area (Å²) in [5.74, 6) is 0. The highest BCUT2D eigenvalue weighted by molar-refractivity contribution is 9.24. The molecule has 0 aromatic carbocycles. The van der Waals surface area contributed by atoms with Crippen molar-refractivity contribution in [2.24, 2.45) is 0 Å². The average Bonchev–Trinajstić information content (AvgIpc) is 2.30. The third kappa shape index (κ3) is 2.48. The molecule has 1 rings (SSSR count). The number of nitrogens with zero attached hydrogens (tertiary/aromatic N) is 2. The van der Waals surface area contributed by atoms with E-state index in [4.69, 9.17) is 0 Å². The van der Waals surface area contributed by atoms with Crippen molar-refractivity contribution in [3.05, 3.63) is 5.01 Å². The average molecular weight is 336 g/mol. The van der Waals surface area contributed by atoms with Gasteiger partial charge in [-0.15, -0.1) is 10.2 Å². The molecular formula is C4H4Br2N2O2S2. The third-order valence-corrected chi connectivity index (χ3v) is 5.06. The molecule has 1 aromatic rings. The molecule has 0 aliphatic carbocycles. The van der Waals surface area contributed by atoms with Gasteiger partial charge < -0.3 is 0 Å². The van der Waals surface area contributed by atoms with Crippen molar-refractivity contribution < 1.29 is 8.42 Å². The van der Waals surface area contributed by atoms with E-state index in [1.54, 1.807) is 0 Å². The predicted octanol–water partition coefficient (Wildman–Crippen LogP) is 1.73. The fourth-order valence-corrected chi connectivity index (χ4v) is 2.68. The molecule has 0 radical (unpaired) electrons. The first kappa shape index (κ1) is 10.6. The summed E-state index contributed by atoms with van der Waals surface area (Å²) in [6.45, 7) is 0. The molecule has 0 aliphatic rings. The zero-order chi connectivity index (χ0) is 9.35. The highest BCUT2D eigenvalue weighted by Crippen LogP contribution is 2.32. The molecule has 0 unspecified atom stereocenters. The minimum atomic E-state index is -3.21. The Morgan fingerprint density at radius 1 is 1.42 bits per heavy atom. The summed E-state index contributed by atoms with van der Waals surface area (Å²) in [6.07, 6.45) is 1.11. The van der Waals surface area contributed by atoms with E-state index in [-0.39, 0.29) is 8.08 Å². The molecule has 0 atom stereocenters. The lowest BCUT2D eigenvalue weighted by atomic mass is 10.9. The van der Waals surface area contributed by atoms with Crippen LogP contribution in [0, 0.1) is 0 Å². The van der Waals surface area contributed by atoms with Crippen LogP contribution in [-0.2, 0) is 9.84 Å². The van der Waals surface area contributed by atoms with Gasteiger partial charge in [0.1, 0.15) is 8.74 Å². The largest absolute Gasteiger partial charge is 0.232 e. The van der Waals surface area contributed by atoms with Crippen LogP contribution in [-0.4, -0.2) is 24.9 Å². The Hall–Kier alpha value is 0.470. The molecule has 0 spiro atoms. The molecule has 0 saturated carbocycles. The van der Waals surface area contributed by atoms with E-state index in [9.17, 15) is 8.42 Å². The van der Waals surface area contributed by atoms with Crippen LogP contribution in [0.1, 0.15) is 8.74 Å². The van der Waals surface area contributed by atoms with E-state index in [1.165, 1.54) is 0 Å². The number of hydrogen-bond donors (Lipinski definition) is 0. The topological polar surface area (TPSA) is 59.9 Å². The Morgan fingerprint density at radius 3 is 2.25 bits per heavy atom. The van der Waals surface area contributed by atoms with Crippen LogP contribution in [0.4, 0.5) is 0 Å². The quantitative estimate of drug-likeness (QED) is 0.772. The highest BCUT2D eigenvalue weighted by Gasteiger charge is 2.16. The predicted molar refractivity (Wildman–Crippen MR) is 53.6 cm³/mol. The van der Waals surface area contributed by atoms with Gasteiger partial charge >= 0.3 is 0 Å². The minimum Gasteiger partial charge on any atom is -0.221 e. The van der Waals surface area contributed by atoms with Crippen molar-refractivity contribution in [3.63, 3.8) is 0 Å². The van der Waals surface area contributed by atoms with Gasteiger partial charge in [-0.25, -0.2) is 8.42 Å². The van der Waals surface area contributed by atoms with E-state index in [0.717, 1.165) is 17.6 Å². The van der Waals surface area contributed by atoms with Crippen LogP contribution in [0.25, 0.3) is 0 Å². The van der Waals surface area contributed by atoms with Gasteiger partial charge in [0.25, 0.3) is 0 Å². The SMILES string of the molecule is CS(=O)(=O)c1nnc(C(Br)Br)s1. The van der Waals surface area contributed by atoms with Gasteiger partial charge in [0.15, 0.2) is 0 Å². The molecule has 68 valence electrons. The number of sulfone groups is 1. The van der Waals surface area contributed by atoms with Crippen LogP contribution < -0.4 is 0 Å². The second-order valence-electron chi connectivity index (χ2n) is 1.98. The lowest BCUT2D eigenvalue weighted by molar-refractivity contribution is 0.600. The molecule has 1 aromatic heterocycles. The Labute approximate surface area is 90.6 Å². The maximum Gasteiger partial charge on any atom is 0.232 e. The molecule has 12 heavy (non-hydrogen) atoms. The van der Waals surface area contributed by atoms with Crippen LogP contribution in [0.5, 0.6) is 0 Å². The lowest BCUT2D eigenvalue weighted by Crippen LogP contribution is -1.95. The molecule has 0 saturated heterocycles. The van der Waals surface area contributed by atoms with E-state index in [0.29, 0.717) is 5.01 Å². The van der Waals surface area contributed by atoms with E-state index in [2.05, 4.69) is 42.1 Å². The Bertz CT molecular complexity index is 372. The molecule has 0 amide bonds. The summed E-state index contributed by atoms with van der Waals surface area (Å²) in [5.41, 5.74) is 0. The van der Waals surface area contributed by atoms with Gasteiger partial charge in [0, 0.05) is 6.26 Å². The molecule has 8 heteroatoms. The fraction of sp³-hybridized carbons (Fsp3) is 0.500. The number of alkyl halides is 2. The standard InChI is InChI=1S/C4H4Br2N2O2S2/c1-12(9,10)4-8-7-3(11-4)2(5)6/h2H,1H3. The Morgan fingerprint density at radius 2 is 2.00 bits per heavy atom. The van der Waals surface area contributed by atoms with Crippen molar-refractivity contribution in [3.8, 4) is 0 Å². The maximum absolute atomic E-state index is 10.9. The van der Waals surface area contributed by atoms with Crippen LogP contribution in [0.3, 0.4) is 0 Å². The maximum atomic E-state index is 10.9. The van der Waals surface area contributed by atoms with Gasteiger partial charge in [-0.1, -0.05) is 43.2 Å². The second kappa shape index (κ2) is 3.69. The first-order chi connectivity index (χ1) is 5.41. The Kier molecular flexibility index (Phi) is 3.24. The number of rotatable bonds is 2. The fourth-order valence-electron chi connectivity index (χ4n) is 0.458. The molecule has 0 N–H and O–H groups in total. The van der Waals surface area contributed by atoms with Crippen molar-refractivity contribution in [1.29, 1.82) is 0 Å². The third-order valence-electron chi connectivity index (χ3n) is 0.926. The molecular weight excluding hydrogens is 332 g/mol. The highest BCUT2D eigenvalue weighted by atomic mass is 79.9. The summed E-state index contributed by atoms with van der Waals surface area (Å²) in [5, 5.41) is 7.80. The van der Waals surface area contributed by atoms with Crippen molar-refractivity contribution >= 4 is 53.0 Å². The van der Waals surface area contributed by atoms with Crippen molar-refractivity contribution in [2.45, 2.75) is 8.08 Å². The van der Waals surface area contributed by atoms with E-state index in [1.807, 2.05) is 0 Å². The monoisotopic (exact) mass is 334 g/mol. The molecule has 4 nitrogen and oxygen atoms in total. The van der Waals surface area contributed by atoms with Crippen molar-refractivity contribution in [1.82, 2.24) is 10.2 Å². The normalized spacial score (nSPS) is 12.3. The van der Waals surface area contributed by atoms with Gasteiger partial charge in [-0.2, -0.15) is 0 Å². The smallest absolute Gasteiger partial charge is 0.221 e. The molecule has 1 heterocycles. The summed E-state index contributed by atoms with van der Waals surface area (Å²) in [6, 6.07) is 0. The van der Waals surface area contributed by atoms with Gasteiger partial charge in [-0.05, 0) is 0 Å². The molecule has 0 aliphatic heterocycles. The van der Waals surface area contributed by atoms with Gasteiger partial charge in [-0.3, -0.25) is 0 Å². The number of aromatic nitrogens is 2. The lowest BCUT2D eigenvalue weighted by Gasteiger charge is -1.89. The van der Waals surface area contributed by atoms with Crippen LogP contribution >= 0.6 is 43.2 Å². The van der Waals surface area contributed by atoms with Gasteiger partial charge in [0.05, 0.1) is 0 Å². The second-order valence-corrected chi connectivity index (χ2v) is 8.24. The van der Waals surface area contributed by atoms with E-state index >= 15 is 0 Å². The van der Waals surface area contributed by atoms with E-state index < -0.39 is 9.84 Å². The zero-order valence-electron chi connectivity index (χ0n) is 5.86. The zero-order valence-corrected chi connectivity index (χ0v) is 10.7. The summed E-state index contributed by atoms with van der Waals surface area (Å²) >= 11 is 7.43.